The van der Waals surface area contributed by atoms with Crippen molar-refractivity contribution in [1.29, 1.82) is 0 Å². The highest BCUT2D eigenvalue weighted by Crippen LogP contribution is 2.31. The first kappa shape index (κ1) is 13.8. The maximum Gasteiger partial charge on any atom is 0.306 e. The van der Waals surface area contributed by atoms with Gasteiger partial charge in [0.15, 0.2) is 0 Å². The molecule has 0 saturated heterocycles. The van der Waals surface area contributed by atoms with E-state index in [0.29, 0.717) is 12.6 Å². The minimum absolute atomic E-state index is 0.0387. The molecule has 21 heavy (non-hydrogen) atoms. The van der Waals surface area contributed by atoms with Crippen LogP contribution in [0.5, 0.6) is 0 Å². The summed E-state index contributed by atoms with van der Waals surface area (Å²) in [5, 5.41) is 18.1. The molecule has 0 spiro atoms. The molecule has 0 unspecified atom stereocenters. The van der Waals surface area contributed by atoms with Gasteiger partial charge in [-0.05, 0) is 30.9 Å². The Kier molecular flexibility index (Phi) is 3.70. The van der Waals surface area contributed by atoms with E-state index < -0.39 is 4.92 Å². The lowest BCUT2D eigenvalue weighted by atomic mass is 10.1. The Balaban J connectivity index is 1.57. The van der Waals surface area contributed by atoms with Gasteiger partial charge in [0.1, 0.15) is 12.4 Å². The first-order valence-corrected chi connectivity index (χ1v) is 7.13. The highest BCUT2D eigenvalue weighted by atomic mass is 16.6. The molecule has 6 heteroatoms. The molecule has 0 fully saturated rings. The van der Waals surface area contributed by atoms with E-state index in [1.54, 1.807) is 4.68 Å². The van der Waals surface area contributed by atoms with Gasteiger partial charge in [-0.1, -0.05) is 23.8 Å². The normalized spacial score (nSPS) is 16.9. The molecule has 1 atom stereocenters. The van der Waals surface area contributed by atoms with E-state index in [4.69, 9.17) is 0 Å². The highest BCUT2D eigenvalue weighted by Gasteiger charge is 2.21. The Labute approximate surface area is 122 Å². The molecule has 110 valence electrons. The van der Waals surface area contributed by atoms with Crippen LogP contribution in [-0.2, 0) is 13.0 Å². The Hall–Kier alpha value is -2.21. The van der Waals surface area contributed by atoms with Crippen molar-refractivity contribution in [2.75, 3.05) is 6.54 Å². The molecule has 1 aliphatic carbocycles. The van der Waals surface area contributed by atoms with Gasteiger partial charge in [0, 0.05) is 12.6 Å². The van der Waals surface area contributed by atoms with Gasteiger partial charge in [-0.15, -0.1) is 0 Å². The summed E-state index contributed by atoms with van der Waals surface area (Å²) in [4.78, 5) is 10.2. The maximum absolute atomic E-state index is 10.6. The fourth-order valence-corrected chi connectivity index (χ4v) is 2.86. The van der Waals surface area contributed by atoms with E-state index in [9.17, 15) is 10.1 Å². The van der Waals surface area contributed by atoms with Crippen LogP contribution < -0.4 is 5.32 Å². The number of nitrogens with one attached hydrogen (secondary N) is 1. The van der Waals surface area contributed by atoms with Crippen LogP contribution in [0, 0.1) is 17.0 Å². The van der Waals surface area contributed by atoms with Gasteiger partial charge in [0.2, 0.25) is 0 Å². The number of benzene rings is 1. The molecular formula is C15H18N4O2. The Morgan fingerprint density at radius 3 is 3.14 bits per heavy atom. The van der Waals surface area contributed by atoms with Crippen LogP contribution in [0.25, 0.3) is 0 Å². The van der Waals surface area contributed by atoms with Gasteiger partial charge < -0.3 is 5.32 Å². The summed E-state index contributed by atoms with van der Waals surface area (Å²) in [7, 11) is 0. The number of hydrogen-bond acceptors (Lipinski definition) is 4. The zero-order valence-corrected chi connectivity index (χ0v) is 12.0. The largest absolute Gasteiger partial charge is 0.308 e. The number of hydrogen-bond donors (Lipinski definition) is 1. The van der Waals surface area contributed by atoms with Crippen LogP contribution in [0.4, 0.5) is 5.69 Å². The number of aromatic nitrogens is 2. The zero-order chi connectivity index (χ0) is 14.8. The lowest BCUT2D eigenvalue weighted by Crippen LogP contribution is -2.24. The van der Waals surface area contributed by atoms with Crippen molar-refractivity contribution < 1.29 is 4.92 Å². The molecule has 0 radical (unpaired) electrons. The van der Waals surface area contributed by atoms with Crippen molar-refractivity contribution >= 4 is 5.69 Å². The molecular weight excluding hydrogens is 268 g/mol. The van der Waals surface area contributed by atoms with Crippen LogP contribution in [-0.4, -0.2) is 21.2 Å². The van der Waals surface area contributed by atoms with E-state index in [1.165, 1.54) is 29.1 Å². The van der Waals surface area contributed by atoms with Crippen LogP contribution in [0.2, 0.25) is 0 Å². The molecule has 0 amide bonds. The zero-order valence-electron chi connectivity index (χ0n) is 12.0. The van der Waals surface area contributed by atoms with Crippen LogP contribution >= 0.6 is 0 Å². The van der Waals surface area contributed by atoms with Crippen LogP contribution in [0.15, 0.2) is 30.6 Å². The van der Waals surface area contributed by atoms with E-state index in [2.05, 4.69) is 35.5 Å². The smallest absolute Gasteiger partial charge is 0.306 e. The number of nitro groups is 1. The summed E-state index contributed by atoms with van der Waals surface area (Å²) >= 11 is 0. The second-order valence-corrected chi connectivity index (χ2v) is 5.47. The lowest BCUT2D eigenvalue weighted by molar-refractivity contribution is -0.385. The topological polar surface area (TPSA) is 73.0 Å². The summed E-state index contributed by atoms with van der Waals surface area (Å²) in [5.74, 6) is 0. The van der Waals surface area contributed by atoms with Gasteiger partial charge in [-0.25, -0.2) is 0 Å². The molecule has 0 aliphatic heterocycles. The lowest BCUT2D eigenvalue weighted by Gasteiger charge is -2.14. The van der Waals surface area contributed by atoms with Crippen LogP contribution in [0.3, 0.4) is 0 Å². The van der Waals surface area contributed by atoms with E-state index >= 15 is 0 Å². The molecule has 1 aliphatic rings. The molecule has 1 heterocycles. The van der Waals surface area contributed by atoms with E-state index in [-0.39, 0.29) is 5.69 Å². The van der Waals surface area contributed by atoms with Gasteiger partial charge in [-0.3, -0.25) is 14.8 Å². The summed E-state index contributed by atoms with van der Waals surface area (Å²) in [6, 6.07) is 7.00. The Bertz CT molecular complexity index is 665. The first-order valence-electron chi connectivity index (χ1n) is 7.13. The standard InChI is InChI=1S/C15H18N4O2/c1-11-2-3-12-4-5-15(14(12)8-11)16-6-7-18-10-13(9-17-18)19(20)21/h2-3,8-10,15-16H,4-7H2,1H3/t15-/m1/s1. The maximum atomic E-state index is 10.6. The summed E-state index contributed by atoms with van der Waals surface area (Å²) in [6.45, 7) is 3.49. The predicted molar refractivity (Wildman–Crippen MR) is 79.1 cm³/mol. The molecule has 1 aromatic carbocycles. The third-order valence-electron chi connectivity index (χ3n) is 3.94. The van der Waals surface area contributed by atoms with Crippen LogP contribution in [0.1, 0.15) is 29.2 Å². The quantitative estimate of drug-likeness (QED) is 0.676. The van der Waals surface area contributed by atoms with Crippen molar-refractivity contribution in [3.63, 3.8) is 0 Å². The van der Waals surface area contributed by atoms with Crippen molar-refractivity contribution in [1.82, 2.24) is 15.1 Å². The molecule has 1 N–H and O–H groups in total. The predicted octanol–water partition coefficient (Wildman–Crippen LogP) is 2.38. The Morgan fingerprint density at radius 1 is 1.52 bits per heavy atom. The summed E-state index contributed by atoms with van der Waals surface area (Å²) in [6.07, 6.45) is 4.97. The third-order valence-corrected chi connectivity index (χ3v) is 3.94. The fourth-order valence-electron chi connectivity index (χ4n) is 2.86. The summed E-state index contributed by atoms with van der Waals surface area (Å²) in [5.41, 5.74) is 4.14. The van der Waals surface area contributed by atoms with Crippen molar-refractivity contribution in [2.45, 2.75) is 32.4 Å². The number of nitrogens with zero attached hydrogens (tertiary/aromatic N) is 3. The van der Waals surface area contributed by atoms with Crippen molar-refractivity contribution in [2.24, 2.45) is 0 Å². The molecule has 2 aromatic rings. The third kappa shape index (κ3) is 2.95. The monoisotopic (exact) mass is 286 g/mol. The molecule has 0 bridgehead atoms. The number of rotatable bonds is 5. The highest BCUT2D eigenvalue weighted by molar-refractivity contribution is 5.37. The van der Waals surface area contributed by atoms with Crippen molar-refractivity contribution in [3.8, 4) is 0 Å². The average Bonchev–Trinajstić information content (AvgIpc) is 3.06. The number of fused-ring (bicyclic) bond motifs is 1. The molecule has 0 saturated carbocycles. The molecule has 1 aromatic heterocycles. The molecule has 6 nitrogen and oxygen atoms in total. The minimum atomic E-state index is -0.424. The second-order valence-electron chi connectivity index (χ2n) is 5.47. The second kappa shape index (κ2) is 5.65. The Morgan fingerprint density at radius 2 is 2.38 bits per heavy atom. The van der Waals surface area contributed by atoms with E-state index in [0.717, 1.165) is 19.4 Å². The first-order chi connectivity index (χ1) is 10.1. The van der Waals surface area contributed by atoms with Gasteiger partial charge in [0.05, 0.1) is 11.5 Å². The van der Waals surface area contributed by atoms with E-state index in [1.807, 2.05) is 0 Å². The minimum Gasteiger partial charge on any atom is -0.308 e. The molecule has 3 rings (SSSR count). The van der Waals surface area contributed by atoms with Crippen molar-refractivity contribution in [3.05, 3.63) is 57.4 Å². The fraction of sp³-hybridized carbons (Fsp3) is 0.400. The SMILES string of the molecule is Cc1ccc2c(c1)[C@H](NCCn1cc([N+](=O)[O-])cn1)CC2. The number of aryl methyl sites for hydroxylation is 2. The van der Waals surface area contributed by atoms with Gasteiger partial charge >= 0.3 is 5.69 Å². The van der Waals surface area contributed by atoms with Gasteiger partial charge in [-0.2, -0.15) is 5.10 Å². The summed E-state index contributed by atoms with van der Waals surface area (Å²) < 4.78 is 1.61. The average molecular weight is 286 g/mol. The van der Waals surface area contributed by atoms with Gasteiger partial charge in [0.25, 0.3) is 0 Å².